The molecule has 1 aliphatic heterocycles. The number of halogens is 1. The molecular weight excluding hydrogens is 298 g/mol. The van der Waals surface area contributed by atoms with Gasteiger partial charge in [-0.3, -0.25) is 4.90 Å². The zero-order valence-electron chi connectivity index (χ0n) is 11.8. The van der Waals surface area contributed by atoms with Gasteiger partial charge in [-0.05, 0) is 32.0 Å². The van der Waals surface area contributed by atoms with Crippen LogP contribution in [0.3, 0.4) is 0 Å². The van der Waals surface area contributed by atoms with Crippen molar-refractivity contribution in [3.05, 3.63) is 28.8 Å². The average Bonchev–Trinajstić information content (AvgIpc) is 2.54. The lowest BCUT2D eigenvalue weighted by Gasteiger charge is -2.21. The Bertz CT molecular complexity index is 574. The van der Waals surface area contributed by atoms with E-state index in [1.807, 2.05) is 18.2 Å². The molecule has 2 rings (SSSR count). The molecule has 1 saturated heterocycles. The number of hydrogen-bond acceptors (Lipinski definition) is 4. The van der Waals surface area contributed by atoms with Crippen LogP contribution in [-0.4, -0.2) is 44.5 Å². The van der Waals surface area contributed by atoms with Gasteiger partial charge in [-0.1, -0.05) is 17.7 Å². The molecule has 20 heavy (non-hydrogen) atoms. The van der Waals surface area contributed by atoms with Crippen molar-refractivity contribution in [2.24, 2.45) is 0 Å². The van der Waals surface area contributed by atoms with Crippen LogP contribution in [0.4, 0.5) is 0 Å². The van der Waals surface area contributed by atoms with Crippen LogP contribution < -0.4 is 4.74 Å². The first-order valence-electron chi connectivity index (χ1n) is 6.69. The van der Waals surface area contributed by atoms with E-state index >= 15 is 0 Å². The number of sulfone groups is 1. The molecule has 1 aromatic rings. The summed E-state index contributed by atoms with van der Waals surface area (Å²) in [5, 5.41) is 0.394. The van der Waals surface area contributed by atoms with Crippen molar-refractivity contribution in [2.45, 2.75) is 25.1 Å². The van der Waals surface area contributed by atoms with E-state index in [1.54, 1.807) is 14.0 Å². The largest absolute Gasteiger partial charge is 0.496 e. The molecule has 0 N–H and O–H groups in total. The van der Waals surface area contributed by atoms with Crippen molar-refractivity contribution >= 4 is 21.4 Å². The van der Waals surface area contributed by atoms with Crippen LogP contribution in [0.2, 0.25) is 5.02 Å². The van der Waals surface area contributed by atoms with Crippen LogP contribution in [0.5, 0.6) is 5.75 Å². The zero-order chi connectivity index (χ0) is 14.8. The third-order valence-electron chi connectivity index (χ3n) is 3.83. The monoisotopic (exact) mass is 317 g/mol. The summed E-state index contributed by atoms with van der Waals surface area (Å²) in [7, 11) is -1.34. The smallest absolute Gasteiger partial charge is 0.154 e. The van der Waals surface area contributed by atoms with E-state index in [9.17, 15) is 8.42 Å². The fourth-order valence-corrected chi connectivity index (χ4v) is 3.98. The van der Waals surface area contributed by atoms with E-state index < -0.39 is 9.84 Å². The molecule has 0 aliphatic carbocycles. The predicted octanol–water partition coefficient (Wildman–Crippen LogP) is 2.36. The van der Waals surface area contributed by atoms with Crippen molar-refractivity contribution in [1.82, 2.24) is 4.90 Å². The van der Waals surface area contributed by atoms with Gasteiger partial charge < -0.3 is 4.74 Å². The number of rotatable bonds is 3. The molecule has 6 heteroatoms. The van der Waals surface area contributed by atoms with Gasteiger partial charge in [-0.15, -0.1) is 0 Å². The second-order valence-corrected chi connectivity index (χ2v) is 8.11. The van der Waals surface area contributed by atoms with Crippen molar-refractivity contribution in [2.75, 3.05) is 26.0 Å². The normalized spacial score (nSPS) is 23.2. The molecule has 1 aromatic carbocycles. The van der Waals surface area contributed by atoms with Gasteiger partial charge in [0.15, 0.2) is 9.84 Å². The summed E-state index contributed by atoms with van der Waals surface area (Å²) in [5.41, 5.74) is 0.920. The maximum atomic E-state index is 11.9. The topological polar surface area (TPSA) is 46.6 Å². The summed E-state index contributed by atoms with van der Waals surface area (Å²) in [5.74, 6) is 0.957. The summed E-state index contributed by atoms with van der Waals surface area (Å²) in [4.78, 5) is 2.13. The second-order valence-electron chi connectivity index (χ2n) is 5.16. The van der Waals surface area contributed by atoms with Crippen LogP contribution in [0.1, 0.15) is 18.9 Å². The van der Waals surface area contributed by atoms with Crippen molar-refractivity contribution < 1.29 is 13.2 Å². The van der Waals surface area contributed by atoms with Crippen LogP contribution in [0.25, 0.3) is 0 Å². The van der Waals surface area contributed by atoms with Gasteiger partial charge in [0.25, 0.3) is 0 Å². The van der Waals surface area contributed by atoms with E-state index in [-0.39, 0.29) is 11.0 Å². The molecule has 1 unspecified atom stereocenters. The maximum Gasteiger partial charge on any atom is 0.154 e. The van der Waals surface area contributed by atoms with Gasteiger partial charge in [0.05, 0.1) is 18.1 Å². The molecular formula is C14H20ClNO3S. The Morgan fingerprint density at radius 1 is 1.40 bits per heavy atom. The minimum absolute atomic E-state index is 0.209. The highest BCUT2D eigenvalue weighted by Crippen LogP contribution is 2.28. The second kappa shape index (κ2) is 6.33. The third-order valence-corrected chi connectivity index (χ3v) is 6.40. The lowest BCUT2D eigenvalue weighted by molar-refractivity contribution is 0.278. The SMILES string of the molecule is COc1cccc(Cl)c1CN1CCC(C)S(=O)(=O)CC1. The summed E-state index contributed by atoms with van der Waals surface area (Å²) < 4.78 is 29.2. The Hall–Kier alpha value is -0.780. The summed E-state index contributed by atoms with van der Waals surface area (Å²) in [6.07, 6.45) is 0.662. The fourth-order valence-electron chi connectivity index (χ4n) is 2.38. The Morgan fingerprint density at radius 3 is 2.85 bits per heavy atom. The molecule has 0 bridgehead atoms. The van der Waals surface area contributed by atoms with E-state index in [0.29, 0.717) is 24.5 Å². The average molecular weight is 318 g/mol. The first kappa shape index (κ1) is 15.6. The highest BCUT2D eigenvalue weighted by atomic mass is 35.5. The van der Waals surface area contributed by atoms with E-state index in [4.69, 9.17) is 16.3 Å². The van der Waals surface area contributed by atoms with Crippen LogP contribution in [0.15, 0.2) is 18.2 Å². The number of hydrogen-bond donors (Lipinski definition) is 0. The van der Waals surface area contributed by atoms with Crippen molar-refractivity contribution in [3.63, 3.8) is 0 Å². The molecule has 0 radical (unpaired) electrons. The minimum Gasteiger partial charge on any atom is -0.496 e. The standard InChI is InChI=1S/C14H20ClNO3S/c1-11-6-7-16(8-9-20(11,17)18)10-12-13(15)4-3-5-14(12)19-2/h3-5,11H,6-10H2,1-2H3. The maximum absolute atomic E-state index is 11.9. The van der Waals surface area contributed by atoms with E-state index in [0.717, 1.165) is 17.9 Å². The van der Waals surface area contributed by atoms with Gasteiger partial charge in [0, 0.05) is 23.7 Å². The number of methoxy groups -OCH3 is 1. The third kappa shape index (κ3) is 3.45. The van der Waals surface area contributed by atoms with Crippen molar-refractivity contribution in [1.29, 1.82) is 0 Å². The Balaban J connectivity index is 2.15. The predicted molar refractivity (Wildman–Crippen MR) is 81.1 cm³/mol. The Morgan fingerprint density at radius 2 is 2.15 bits per heavy atom. The molecule has 1 atom stereocenters. The van der Waals surface area contributed by atoms with E-state index in [2.05, 4.69) is 4.90 Å². The molecule has 4 nitrogen and oxygen atoms in total. The highest BCUT2D eigenvalue weighted by Gasteiger charge is 2.26. The fraction of sp³-hybridized carbons (Fsp3) is 0.571. The highest BCUT2D eigenvalue weighted by molar-refractivity contribution is 7.92. The van der Waals surface area contributed by atoms with Crippen LogP contribution in [-0.2, 0) is 16.4 Å². The molecule has 1 fully saturated rings. The first-order chi connectivity index (χ1) is 9.44. The molecule has 112 valence electrons. The summed E-state index contributed by atoms with van der Waals surface area (Å²) in [6, 6.07) is 5.55. The van der Waals surface area contributed by atoms with Gasteiger partial charge in [-0.2, -0.15) is 0 Å². The van der Waals surface area contributed by atoms with Gasteiger partial charge in [0.2, 0.25) is 0 Å². The molecule has 0 amide bonds. The molecule has 0 aromatic heterocycles. The molecule has 1 aliphatic rings. The summed E-state index contributed by atoms with van der Waals surface area (Å²) in [6.45, 7) is 3.70. The number of nitrogens with zero attached hydrogens (tertiary/aromatic N) is 1. The van der Waals surface area contributed by atoms with Gasteiger partial charge in [-0.25, -0.2) is 8.42 Å². The molecule has 1 heterocycles. The lowest BCUT2D eigenvalue weighted by Crippen LogP contribution is -2.27. The zero-order valence-corrected chi connectivity index (χ0v) is 13.4. The molecule has 0 spiro atoms. The number of benzene rings is 1. The van der Waals surface area contributed by atoms with E-state index in [1.165, 1.54) is 0 Å². The van der Waals surface area contributed by atoms with Crippen LogP contribution in [0, 0.1) is 0 Å². The molecule has 0 saturated carbocycles. The van der Waals surface area contributed by atoms with Crippen LogP contribution >= 0.6 is 11.6 Å². The lowest BCUT2D eigenvalue weighted by atomic mass is 10.1. The quantitative estimate of drug-likeness (QED) is 0.858. The Kier molecular flexibility index (Phi) is 4.94. The number of ether oxygens (including phenoxy) is 1. The Labute approximate surface area is 125 Å². The summed E-state index contributed by atoms with van der Waals surface area (Å²) >= 11 is 6.23. The van der Waals surface area contributed by atoms with Crippen molar-refractivity contribution in [3.8, 4) is 5.75 Å². The van der Waals surface area contributed by atoms with Gasteiger partial charge >= 0.3 is 0 Å². The first-order valence-corrected chi connectivity index (χ1v) is 8.78. The van der Waals surface area contributed by atoms with Gasteiger partial charge in [0.1, 0.15) is 5.75 Å². The minimum atomic E-state index is -2.95.